The molecule has 2 aliphatic heterocycles. The van der Waals surface area contributed by atoms with Crippen LogP contribution in [0.25, 0.3) is 0 Å². The lowest BCUT2D eigenvalue weighted by molar-refractivity contribution is -0.901. The molecule has 0 aromatic heterocycles. The van der Waals surface area contributed by atoms with Crippen LogP contribution in [0.3, 0.4) is 0 Å². The van der Waals surface area contributed by atoms with Gasteiger partial charge in [0.25, 0.3) is 5.91 Å². The van der Waals surface area contributed by atoms with Gasteiger partial charge in [0.1, 0.15) is 5.75 Å². The van der Waals surface area contributed by atoms with Crippen LogP contribution in [-0.4, -0.2) is 69.7 Å². The molecule has 0 radical (unpaired) electrons. The Kier molecular flexibility index (Phi) is 8.06. The lowest BCUT2D eigenvalue weighted by Crippen LogP contribution is -3.15. The summed E-state index contributed by atoms with van der Waals surface area (Å²) in [6.07, 6.45) is 1.70. The van der Waals surface area contributed by atoms with Gasteiger partial charge in [0, 0.05) is 36.7 Å². The van der Waals surface area contributed by atoms with Crippen LogP contribution in [-0.2, 0) is 4.79 Å². The van der Waals surface area contributed by atoms with E-state index in [0.29, 0.717) is 25.1 Å². The first kappa shape index (κ1) is 24.1. The number of carboxylic acids is 1. The van der Waals surface area contributed by atoms with Crippen LogP contribution in [0.15, 0.2) is 54.6 Å². The minimum atomic E-state index is -0.992. The zero-order valence-electron chi connectivity index (χ0n) is 19.9. The molecular formula is C27H35N3O4. The van der Waals surface area contributed by atoms with Crippen molar-refractivity contribution in [2.45, 2.75) is 19.3 Å². The number of nitrogens with one attached hydrogen (secondary N) is 1. The summed E-state index contributed by atoms with van der Waals surface area (Å²) in [5, 5.41) is 11.4. The number of anilines is 1. The number of ether oxygens (including phenoxy) is 1. The molecule has 0 unspecified atom stereocenters. The van der Waals surface area contributed by atoms with Crippen molar-refractivity contribution in [2.75, 3.05) is 57.8 Å². The number of carboxylic acid groups (broad SMARTS) is 1. The van der Waals surface area contributed by atoms with Crippen LogP contribution in [0.2, 0.25) is 0 Å². The number of carbonyl (C=O) groups excluding carboxylic acids is 2. The van der Waals surface area contributed by atoms with Gasteiger partial charge in [-0.1, -0.05) is 18.2 Å². The topological polar surface area (TPSA) is 77.3 Å². The predicted octanol–water partition coefficient (Wildman–Crippen LogP) is 0.709. The Hall–Kier alpha value is -3.06. The van der Waals surface area contributed by atoms with E-state index in [1.165, 1.54) is 5.69 Å². The van der Waals surface area contributed by atoms with Gasteiger partial charge in [0.2, 0.25) is 0 Å². The average molecular weight is 466 g/mol. The summed E-state index contributed by atoms with van der Waals surface area (Å²) >= 11 is 0. The second-order valence-corrected chi connectivity index (χ2v) is 9.48. The van der Waals surface area contributed by atoms with Crippen molar-refractivity contribution < 1.29 is 24.3 Å². The highest BCUT2D eigenvalue weighted by Crippen LogP contribution is 2.29. The molecule has 0 bridgehead atoms. The van der Waals surface area contributed by atoms with E-state index in [4.69, 9.17) is 4.74 Å². The van der Waals surface area contributed by atoms with Gasteiger partial charge in [0.15, 0.2) is 0 Å². The number of hydrogen-bond donors (Lipinski definition) is 1. The minimum Gasteiger partial charge on any atom is -0.550 e. The number of para-hydroxylation sites is 1. The van der Waals surface area contributed by atoms with Gasteiger partial charge in [-0.25, -0.2) is 0 Å². The maximum Gasteiger partial charge on any atom is 0.253 e. The Morgan fingerprint density at radius 1 is 1.00 bits per heavy atom. The van der Waals surface area contributed by atoms with E-state index in [-0.39, 0.29) is 24.2 Å². The van der Waals surface area contributed by atoms with E-state index in [1.54, 1.807) is 36.3 Å². The Bertz CT molecular complexity index is 942. The Morgan fingerprint density at radius 3 is 2.35 bits per heavy atom. The first-order valence-electron chi connectivity index (χ1n) is 12.3. The standard InChI is InChI=1S/C27H35N3O4/c1-34-25-9-7-21(8-10-25)27(33)30-14-12-22(19-26(31)32)23(20-30)11-13-28-15-17-29(18-16-28)24-5-3-2-4-6-24/h2-10,22-23H,11-20H2,1H3,(H,31,32)/t22-,23-/m0/s1. The van der Waals surface area contributed by atoms with Crippen molar-refractivity contribution in [1.29, 1.82) is 0 Å². The number of piperazine rings is 1. The molecule has 2 atom stereocenters. The molecule has 0 spiro atoms. The summed E-state index contributed by atoms with van der Waals surface area (Å²) in [5.41, 5.74) is 1.91. The van der Waals surface area contributed by atoms with E-state index in [0.717, 1.165) is 44.9 Å². The van der Waals surface area contributed by atoms with Crippen molar-refractivity contribution in [3.05, 3.63) is 60.2 Å². The smallest absolute Gasteiger partial charge is 0.253 e. The number of hydrogen-bond acceptors (Lipinski definition) is 5. The molecule has 1 N–H and O–H groups in total. The van der Waals surface area contributed by atoms with Crippen LogP contribution < -0.4 is 19.6 Å². The summed E-state index contributed by atoms with van der Waals surface area (Å²) in [6.45, 7) is 6.38. The van der Waals surface area contributed by atoms with Gasteiger partial charge < -0.3 is 29.3 Å². The van der Waals surface area contributed by atoms with Crippen LogP contribution >= 0.6 is 0 Å². The predicted molar refractivity (Wildman–Crippen MR) is 129 cm³/mol. The Balaban J connectivity index is 1.33. The maximum absolute atomic E-state index is 13.1. The minimum absolute atomic E-state index is 0.00313. The van der Waals surface area contributed by atoms with Crippen LogP contribution in [0.1, 0.15) is 29.6 Å². The molecule has 2 fully saturated rings. The molecule has 4 rings (SSSR count). The molecule has 2 heterocycles. The van der Waals surface area contributed by atoms with Crippen LogP contribution in [0.4, 0.5) is 5.69 Å². The van der Waals surface area contributed by atoms with Crippen LogP contribution in [0.5, 0.6) is 5.75 Å². The lowest BCUT2D eigenvalue weighted by atomic mass is 9.81. The Labute approximate surface area is 201 Å². The van der Waals surface area contributed by atoms with Gasteiger partial charge in [0.05, 0.1) is 39.8 Å². The molecule has 7 nitrogen and oxygen atoms in total. The third kappa shape index (κ3) is 6.08. The molecule has 2 aromatic rings. The van der Waals surface area contributed by atoms with Gasteiger partial charge >= 0.3 is 0 Å². The fourth-order valence-corrected chi connectivity index (χ4v) is 5.35. The fraction of sp³-hybridized carbons (Fsp3) is 0.481. The van der Waals surface area contributed by atoms with Crippen molar-refractivity contribution in [1.82, 2.24) is 4.90 Å². The summed E-state index contributed by atoms with van der Waals surface area (Å²) in [4.78, 5) is 30.3. The van der Waals surface area contributed by atoms with Crippen molar-refractivity contribution in [2.24, 2.45) is 11.8 Å². The number of aliphatic carboxylic acids is 1. The monoisotopic (exact) mass is 465 g/mol. The number of carbonyl (C=O) groups is 2. The fourth-order valence-electron chi connectivity index (χ4n) is 5.35. The second-order valence-electron chi connectivity index (χ2n) is 9.48. The number of likely N-dealkylation sites (tertiary alicyclic amines) is 1. The highest BCUT2D eigenvalue weighted by molar-refractivity contribution is 5.94. The zero-order chi connectivity index (χ0) is 23.9. The molecule has 1 amide bonds. The van der Waals surface area contributed by atoms with E-state index in [9.17, 15) is 14.7 Å². The number of piperidine rings is 1. The first-order valence-corrected chi connectivity index (χ1v) is 12.3. The van der Waals surface area contributed by atoms with Gasteiger partial charge in [-0.3, -0.25) is 4.79 Å². The lowest BCUT2D eigenvalue weighted by Gasteiger charge is -2.40. The molecule has 2 aliphatic rings. The molecule has 7 heteroatoms. The van der Waals surface area contributed by atoms with Crippen molar-refractivity contribution in [3.8, 4) is 5.75 Å². The number of nitrogens with zero attached hydrogens (tertiary/aromatic N) is 2. The molecule has 2 aromatic carbocycles. The van der Waals surface area contributed by atoms with E-state index in [2.05, 4.69) is 29.2 Å². The number of rotatable bonds is 8. The third-order valence-corrected chi connectivity index (χ3v) is 7.40. The average Bonchev–Trinajstić information content (AvgIpc) is 2.88. The molecule has 0 saturated carbocycles. The largest absolute Gasteiger partial charge is 0.550 e. The quantitative estimate of drug-likeness (QED) is 0.621. The number of amides is 1. The van der Waals surface area contributed by atoms with Gasteiger partial charge in [-0.2, -0.15) is 0 Å². The molecular weight excluding hydrogens is 430 g/mol. The van der Waals surface area contributed by atoms with E-state index >= 15 is 0 Å². The van der Waals surface area contributed by atoms with Gasteiger partial charge in [-0.15, -0.1) is 0 Å². The first-order chi connectivity index (χ1) is 16.5. The maximum atomic E-state index is 13.1. The molecule has 182 valence electrons. The number of methoxy groups -OCH3 is 1. The summed E-state index contributed by atoms with van der Waals surface area (Å²) < 4.78 is 5.19. The zero-order valence-corrected chi connectivity index (χ0v) is 19.9. The molecule has 2 saturated heterocycles. The summed E-state index contributed by atoms with van der Waals surface area (Å²) in [6, 6.07) is 17.7. The van der Waals surface area contributed by atoms with Gasteiger partial charge in [-0.05, 0) is 61.1 Å². The highest BCUT2D eigenvalue weighted by atomic mass is 16.5. The SMILES string of the molecule is COc1ccc(C(=O)N2CC[C@@H](CC(=O)[O-])[C@@H](CC[NH+]3CCN(c4ccccc4)CC3)C2)cc1. The molecule has 0 aliphatic carbocycles. The van der Waals surface area contributed by atoms with E-state index in [1.807, 2.05) is 11.0 Å². The summed E-state index contributed by atoms with van der Waals surface area (Å²) in [7, 11) is 1.60. The highest BCUT2D eigenvalue weighted by Gasteiger charge is 2.33. The third-order valence-electron chi connectivity index (χ3n) is 7.40. The number of quaternary nitrogens is 1. The number of benzene rings is 2. The van der Waals surface area contributed by atoms with E-state index < -0.39 is 5.97 Å². The van der Waals surface area contributed by atoms with Crippen molar-refractivity contribution >= 4 is 17.6 Å². The molecule has 34 heavy (non-hydrogen) atoms. The second kappa shape index (κ2) is 11.4. The summed E-state index contributed by atoms with van der Waals surface area (Å²) in [5.74, 6) is -0.0296. The normalized spacial score (nSPS) is 21.3. The van der Waals surface area contributed by atoms with Crippen LogP contribution in [0, 0.1) is 11.8 Å². The van der Waals surface area contributed by atoms with Crippen molar-refractivity contribution in [3.63, 3.8) is 0 Å². The Morgan fingerprint density at radius 2 is 1.71 bits per heavy atom.